The molecule has 1 heterocycles. The third kappa shape index (κ3) is 0.890. The average Bonchev–Trinajstić information content (AvgIpc) is 2.33. The van der Waals surface area contributed by atoms with Crippen LogP contribution < -0.4 is 0 Å². The van der Waals surface area contributed by atoms with Crippen molar-refractivity contribution in [2.45, 2.75) is 0 Å². The molecule has 0 saturated carbocycles. The van der Waals surface area contributed by atoms with Crippen LogP contribution in [-0.4, -0.2) is 5.48 Å². The molecule has 0 saturated heterocycles. The Hall–Kier alpha value is -1.28. The summed E-state index contributed by atoms with van der Waals surface area (Å²) in [4.78, 5) is 0. The first-order chi connectivity index (χ1) is 4.47. The van der Waals surface area contributed by atoms with Gasteiger partial charge in [0.15, 0.2) is 0 Å². The zero-order chi connectivity index (χ0) is 6.10. The second-order valence-corrected chi connectivity index (χ2v) is 2.00. The van der Waals surface area contributed by atoms with Crippen LogP contribution >= 0.6 is 0 Å². The Bertz CT molecular complexity index is 281. The third-order valence-electron chi connectivity index (χ3n) is 1.39. The lowest BCUT2D eigenvalue weighted by Gasteiger charge is -1.80. The summed E-state index contributed by atoms with van der Waals surface area (Å²) in [6.07, 6.45) is 3.49. The molecule has 2 rings (SSSR count). The molecular formula is C8H8O2. The Morgan fingerprint density at radius 3 is 1.90 bits per heavy atom. The fourth-order valence-corrected chi connectivity index (χ4v) is 0.906. The van der Waals surface area contributed by atoms with Gasteiger partial charge in [-0.25, -0.2) is 0 Å². The highest BCUT2D eigenvalue weighted by Crippen LogP contribution is 2.12. The van der Waals surface area contributed by atoms with Crippen LogP contribution in [0.1, 0.15) is 0 Å². The maximum atomic E-state index is 4.96. The van der Waals surface area contributed by atoms with Crippen LogP contribution in [0.4, 0.5) is 0 Å². The van der Waals surface area contributed by atoms with Crippen molar-refractivity contribution in [2.75, 3.05) is 0 Å². The van der Waals surface area contributed by atoms with Gasteiger partial charge in [0, 0.05) is 10.8 Å². The molecule has 0 spiro atoms. The van der Waals surface area contributed by atoms with Gasteiger partial charge < -0.3 is 9.89 Å². The monoisotopic (exact) mass is 136 g/mol. The zero-order valence-corrected chi connectivity index (χ0v) is 5.37. The van der Waals surface area contributed by atoms with E-state index in [-0.39, 0.29) is 5.48 Å². The van der Waals surface area contributed by atoms with Gasteiger partial charge in [0.25, 0.3) is 0 Å². The van der Waals surface area contributed by atoms with Crippen molar-refractivity contribution in [1.82, 2.24) is 0 Å². The molecule has 1 aromatic heterocycles. The summed E-state index contributed by atoms with van der Waals surface area (Å²) in [7, 11) is 0. The highest BCUT2D eigenvalue weighted by atomic mass is 16.3. The van der Waals surface area contributed by atoms with Gasteiger partial charge in [-0.1, -0.05) is 24.3 Å². The van der Waals surface area contributed by atoms with Crippen LogP contribution in [0.15, 0.2) is 41.2 Å². The van der Waals surface area contributed by atoms with E-state index in [2.05, 4.69) is 0 Å². The van der Waals surface area contributed by atoms with E-state index in [0.717, 1.165) is 10.8 Å². The summed E-state index contributed by atoms with van der Waals surface area (Å²) in [6, 6.07) is 8.05. The molecule has 0 unspecified atom stereocenters. The minimum atomic E-state index is 0. The topological polar surface area (TPSA) is 44.6 Å². The van der Waals surface area contributed by atoms with Crippen molar-refractivity contribution in [1.29, 1.82) is 0 Å². The van der Waals surface area contributed by atoms with E-state index in [9.17, 15) is 0 Å². The molecule has 0 atom stereocenters. The smallest absolute Gasteiger partial charge is 0.0981 e. The van der Waals surface area contributed by atoms with Gasteiger partial charge in [-0.15, -0.1) is 0 Å². The number of fused-ring (bicyclic) bond motifs is 1. The Balaban J connectivity index is 0.000000500. The van der Waals surface area contributed by atoms with Crippen molar-refractivity contribution < 1.29 is 9.89 Å². The molecule has 0 amide bonds. The van der Waals surface area contributed by atoms with Crippen LogP contribution in [0.3, 0.4) is 0 Å². The molecule has 2 nitrogen and oxygen atoms in total. The first-order valence-corrected chi connectivity index (χ1v) is 2.88. The van der Waals surface area contributed by atoms with Gasteiger partial charge in [0.1, 0.15) is 0 Å². The Morgan fingerprint density at radius 2 is 1.40 bits per heavy atom. The largest absolute Gasteiger partial charge is 0.471 e. The van der Waals surface area contributed by atoms with Gasteiger partial charge >= 0.3 is 0 Å². The normalized spacial score (nSPS) is 9.20. The van der Waals surface area contributed by atoms with Crippen LogP contribution in [0.2, 0.25) is 0 Å². The highest BCUT2D eigenvalue weighted by molar-refractivity contribution is 5.80. The Morgan fingerprint density at radius 1 is 0.900 bits per heavy atom. The molecule has 10 heavy (non-hydrogen) atoms. The molecular weight excluding hydrogens is 128 g/mol. The molecule has 0 aliphatic heterocycles. The van der Waals surface area contributed by atoms with Gasteiger partial charge in [0.2, 0.25) is 0 Å². The van der Waals surface area contributed by atoms with Crippen molar-refractivity contribution in [2.24, 2.45) is 0 Å². The summed E-state index contributed by atoms with van der Waals surface area (Å²) in [5.41, 5.74) is 0. The molecule has 2 N–H and O–H groups in total. The zero-order valence-electron chi connectivity index (χ0n) is 5.37. The van der Waals surface area contributed by atoms with Gasteiger partial charge in [-0.05, 0) is 0 Å². The average molecular weight is 136 g/mol. The summed E-state index contributed by atoms with van der Waals surface area (Å²) in [5, 5.41) is 2.33. The molecule has 1 aromatic carbocycles. The lowest BCUT2D eigenvalue weighted by atomic mass is 10.2. The summed E-state index contributed by atoms with van der Waals surface area (Å²) in [6.45, 7) is 0. The van der Waals surface area contributed by atoms with Gasteiger partial charge in [-0.3, -0.25) is 0 Å². The molecule has 0 aliphatic rings. The first kappa shape index (κ1) is 6.83. The van der Waals surface area contributed by atoms with Crippen LogP contribution in [0.25, 0.3) is 10.8 Å². The van der Waals surface area contributed by atoms with Crippen LogP contribution in [0, 0.1) is 0 Å². The van der Waals surface area contributed by atoms with Crippen molar-refractivity contribution in [3.8, 4) is 0 Å². The van der Waals surface area contributed by atoms with Gasteiger partial charge in [-0.2, -0.15) is 0 Å². The third-order valence-corrected chi connectivity index (χ3v) is 1.39. The predicted molar refractivity (Wildman–Crippen MR) is 39.8 cm³/mol. The number of benzene rings is 1. The van der Waals surface area contributed by atoms with E-state index >= 15 is 0 Å². The van der Waals surface area contributed by atoms with Crippen molar-refractivity contribution in [3.63, 3.8) is 0 Å². The predicted octanol–water partition coefficient (Wildman–Crippen LogP) is 1.61. The number of rotatable bonds is 0. The quantitative estimate of drug-likeness (QED) is 0.542. The summed E-state index contributed by atoms with van der Waals surface area (Å²) >= 11 is 0. The molecule has 2 heteroatoms. The lowest BCUT2D eigenvalue weighted by molar-refractivity contribution is 0.572. The van der Waals surface area contributed by atoms with E-state index in [4.69, 9.17) is 4.42 Å². The minimum Gasteiger partial charge on any atom is -0.471 e. The van der Waals surface area contributed by atoms with Crippen LogP contribution in [0.5, 0.6) is 0 Å². The molecule has 0 aliphatic carbocycles. The van der Waals surface area contributed by atoms with Crippen molar-refractivity contribution >= 4 is 10.8 Å². The van der Waals surface area contributed by atoms with E-state index < -0.39 is 0 Å². The molecule has 0 fully saturated rings. The lowest BCUT2D eigenvalue weighted by Crippen LogP contribution is -1.57. The summed E-state index contributed by atoms with van der Waals surface area (Å²) < 4.78 is 4.96. The molecule has 52 valence electrons. The number of hydrogen-bond donors (Lipinski definition) is 0. The first-order valence-electron chi connectivity index (χ1n) is 2.88. The fourth-order valence-electron chi connectivity index (χ4n) is 0.906. The van der Waals surface area contributed by atoms with Crippen LogP contribution in [-0.2, 0) is 0 Å². The number of furan rings is 1. The Labute approximate surface area is 58.4 Å². The summed E-state index contributed by atoms with van der Waals surface area (Å²) in [5.74, 6) is 0. The second kappa shape index (κ2) is 2.54. The maximum Gasteiger partial charge on any atom is 0.0981 e. The van der Waals surface area contributed by atoms with E-state index in [1.807, 2.05) is 24.3 Å². The SMILES string of the molecule is O.c1ccc2cocc2c1. The molecule has 2 aromatic rings. The van der Waals surface area contributed by atoms with E-state index in [1.54, 1.807) is 12.5 Å². The van der Waals surface area contributed by atoms with Gasteiger partial charge in [0.05, 0.1) is 12.5 Å². The van der Waals surface area contributed by atoms with E-state index in [0.29, 0.717) is 0 Å². The minimum absolute atomic E-state index is 0. The second-order valence-electron chi connectivity index (χ2n) is 2.00. The number of hydrogen-bond acceptors (Lipinski definition) is 1. The molecule has 0 radical (unpaired) electrons. The van der Waals surface area contributed by atoms with Crippen molar-refractivity contribution in [3.05, 3.63) is 36.8 Å². The maximum absolute atomic E-state index is 4.96. The Kier molecular flexibility index (Phi) is 1.73. The fraction of sp³-hybridized carbons (Fsp3) is 0. The highest BCUT2D eigenvalue weighted by Gasteiger charge is 1.89. The standard InChI is InChI=1S/C8H6O.H2O/c1-2-4-8-6-9-5-7(8)3-1;/h1-6H;1H2. The molecule has 0 bridgehead atoms. The van der Waals surface area contributed by atoms with E-state index in [1.165, 1.54) is 0 Å².